The predicted octanol–water partition coefficient (Wildman–Crippen LogP) is 3.13. The highest BCUT2D eigenvalue weighted by Crippen LogP contribution is 2.38. The topological polar surface area (TPSA) is 111 Å². The number of halogens is 4. The maximum absolute atomic E-state index is 13.7. The summed E-state index contributed by atoms with van der Waals surface area (Å²) in [7, 11) is 0. The summed E-state index contributed by atoms with van der Waals surface area (Å²) in [5.74, 6) is -3.84. The van der Waals surface area contributed by atoms with E-state index in [1.165, 1.54) is 17.2 Å². The Bertz CT molecular complexity index is 1330. The summed E-state index contributed by atoms with van der Waals surface area (Å²) in [6.45, 7) is -0.476. The Balaban J connectivity index is 1.46. The maximum Gasteiger partial charge on any atom is 0.194 e. The van der Waals surface area contributed by atoms with Crippen LogP contribution >= 0.6 is 15.9 Å². The SMILES string of the molecule is OCC1OC(c2nncn2-c2ccc(Br)cc2)CC(n2cc(-c3cc(F)c(F)c(F)c3)nn2)C1O. The molecule has 0 spiro atoms. The summed E-state index contributed by atoms with van der Waals surface area (Å²) in [5.41, 5.74) is 0.847. The van der Waals surface area contributed by atoms with Crippen molar-refractivity contribution in [2.75, 3.05) is 6.61 Å². The summed E-state index contributed by atoms with van der Waals surface area (Å²) in [4.78, 5) is 0. The fourth-order valence-corrected chi connectivity index (χ4v) is 4.34. The van der Waals surface area contributed by atoms with Gasteiger partial charge in [-0.05, 0) is 36.4 Å². The van der Waals surface area contributed by atoms with E-state index in [4.69, 9.17) is 4.74 Å². The van der Waals surface area contributed by atoms with Crippen molar-refractivity contribution in [1.82, 2.24) is 29.8 Å². The van der Waals surface area contributed by atoms with Crippen molar-refractivity contribution < 1.29 is 28.1 Å². The first kappa shape index (κ1) is 23.6. The van der Waals surface area contributed by atoms with Crippen molar-refractivity contribution in [1.29, 1.82) is 0 Å². The minimum atomic E-state index is -1.58. The molecule has 2 aromatic heterocycles. The van der Waals surface area contributed by atoms with Crippen LogP contribution in [-0.4, -0.2) is 58.8 Å². The van der Waals surface area contributed by atoms with Gasteiger partial charge in [0, 0.05) is 22.1 Å². The summed E-state index contributed by atoms with van der Waals surface area (Å²) in [5, 5.41) is 36.8. The lowest BCUT2D eigenvalue weighted by Crippen LogP contribution is -2.45. The molecule has 35 heavy (non-hydrogen) atoms. The van der Waals surface area contributed by atoms with Crippen LogP contribution in [0.2, 0.25) is 0 Å². The highest BCUT2D eigenvalue weighted by molar-refractivity contribution is 9.10. The third-order valence-electron chi connectivity index (χ3n) is 5.85. The summed E-state index contributed by atoms with van der Waals surface area (Å²) < 4.78 is 50.6. The lowest BCUT2D eigenvalue weighted by molar-refractivity contribution is -0.161. The normalized spacial score (nSPS) is 22.5. The molecule has 4 atom stereocenters. The third-order valence-corrected chi connectivity index (χ3v) is 6.37. The molecule has 0 bridgehead atoms. The maximum atomic E-state index is 13.7. The second-order valence-electron chi connectivity index (χ2n) is 8.01. The monoisotopic (exact) mass is 550 g/mol. The number of nitrogens with zero attached hydrogens (tertiary/aromatic N) is 6. The molecule has 3 heterocycles. The average Bonchev–Trinajstić information content (AvgIpc) is 3.53. The smallest absolute Gasteiger partial charge is 0.194 e. The molecule has 1 fully saturated rings. The highest BCUT2D eigenvalue weighted by Gasteiger charge is 2.41. The molecule has 0 saturated carbocycles. The van der Waals surface area contributed by atoms with E-state index >= 15 is 0 Å². The van der Waals surface area contributed by atoms with Crippen LogP contribution in [0.25, 0.3) is 16.9 Å². The second kappa shape index (κ2) is 9.49. The van der Waals surface area contributed by atoms with Crippen molar-refractivity contribution in [2.45, 2.75) is 30.8 Å². The highest BCUT2D eigenvalue weighted by atomic mass is 79.9. The molecule has 5 rings (SSSR count). The van der Waals surface area contributed by atoms with Crippen LogP contribution in [0.4, 0.5) is 13.2 Å². The van der Waals surface area contributed by atoms with Crippen LogP contribution < -0.4 is 0 Å². The molecule has 4 aromatic rings. The molecular weight excluding hydrogens is 533 g/mol. The molecule has 182 valence electrons. The predicted molar refractivity (Wildman–Crippen MR) is 119 cm³/mol. The zero-order valence-electron chi connectivity index (χ0n) is 17.8. The van der Waals surface area contributed by atoms with E-state index in [1.807, 2.05) is 24.3 Å². The molecule has 0 amide bonds. The van der Waals surface area contributed by atoms with E-state index in [2.05, 4.69) is 36.4 Å². The zero-order chi connectivity index (χ0) is 24.7. The molecule has 2 aromatic carbocycles. The number of benzene rings is 2. The fourth-order valence-electron chi connectivity index (χ4n) is 4.07. The first-order valence-corrected chi connectivity index (χ1v) is 11.3. The lowest BCUT2D eigenvalue weighted by Gasteiger charge is -2.38. The van der Waals surface area contributed by atoms with Gasteiger partial charge in [0.1, 0.15) is 30.3 Å². The zero-order valence-corrected chi connectivity index (χ0v) is 19.4. The third kappa shape index (κ3) is 4.47. The first-order chi connectivity index (χ1) is 16.9. The molecule has 1 saturated heterocycles. The van der Waals surface area contributed by atoms with Gasteiger partial charge in [0.05, 0.1) is 18.8 Å². The number of rotatable bonds is 5. The molecule has 4 unspecified atom stereocenters. The molecule has 1 aliphatic heterocycles. The van der Waals surface area contributed by atoms with E-state index in [1.54, 1.807) is 4.57 Å². The van der Waals surface area contributed by atoms with Gasteiger partial charge < -0.3 is 14.9 Å². The Morgan fingerprint density at radius 3 is 2.49 bits per heavy atom. The van der Waals surface area contributed by atoms with Gasteiger partial charge in [-0.3, -0.25) is 4.57 Å². The number of ether oxygens (including phenoxy) is 1. The average molecular weight is 551 g/mol. The molecule has 1 aliphatic rings. The fraction of sp³-hybridized carbons (Fsp3) is 0.273. The van der Waals surface area contributed by atoms with Crippen LogP contribution in [0.15, 0.2) is 53.4 Å². The van der Waals surface area contributed by atoms with Gasteiger partial charge in [0.25, 0.3) is 0 Å². The van der Waals surface area contributed by atoms with Gasteiger partial charge >= 0.3 is 0 Å². The largest absolute Gasteiger partial charge is 0.394 e. The number of hydrogen-bond acceptors (Lipinski definition) is 7. The van der Waals surface area contributed by atoms with Gasteiger partial charge in [0.15, 0.2) is 23.3 Å². The van der Waals surface area contributed by atoms with Crippen molar-refractivity contribution in [3.05, 3.63) is 76.7 Å². The van der Waals surface area contributed by atoms with E-state index in [-0.39, 0.29) is 17.7 Å². The van der Waals surface area contributed by atoms with Crippen molar-refractivity contribution in [2.24, 2.45) is 0 Å². The summed E-state index contributed by atoms with van der Waals surface area (Å²) in [6.07, 6.45) is 0.276. The lowest BCUT2D eigenvalue weighted by atomic mass is 9.95. The quantitative estimate of drug-likeness (QED) is 0.367. The van der Waals surface area contributed by atoms with Gasteiger partial charge in [-0.2, -0.15) is 0 Å². The van der Waals surface area contributed by atoms with Gasteiger partial charge in [-0.15, -0.1) is 15.3 Å². The van der Waals surface area contributed by atoms with Gasteiger partial charge in [-0.25, -0.2) is 17.9 Å². The molecule has 0 aliphatic carbocycles. The Morgan fingerprint density at radius 2 is 1.80 bits per heavy atom. The van der Waals surface area contributed by atoms with Crippen molar-refractivity contribution in [3.63, 3.8) is 0 Å². The van der Waals surface area contributed by atoms with Crippen LogP contribution in [0.3, 0.4) is 0 Å². The minimum Gasteiger partial charge on any atom is -0.394 e. The van der Waals surface area contributed by atoms with Crippen molar-refractivity contribution in [3.8, 4) is 16.9 Å². The van der Waals surface area contributed by atoms with Gasteiger partial charge in [0.2, 0.25) is 0 Å². The van der Waals surface area contributed by atoms with Crippen LogP contribution in [0.1, 0.15) is 24.4 Å². The minimum absolute atomic E-state index is 0.0144. The number of hydrogen-bond donors (Lipinski definition) is 2. The molecular formula is C22H18BrF3N6O3. The summed E-state index contributed by atoms with van der Waals surface area (Å²) in [6, 6.07) is 8.35. The number of aliphatic hydroxyl groups excluding tert-OH is 2. The molecule has 2 N–H and O–H groups in total. The Labute approximate surface area is 204 Å². The Hall–Kier alpha value is -3.13. The molecule has 13 heteroatoms. The molecule has 9 nitrogen and oxygen atoms in total. The van der Waals surface area contributed by atoms with Crippen LogP contribution in [0.5, 0.6) is 0 Å². The molecule has 0 radical (unpaired) electrons. The van der Waals surface area contributed by atoms with E-state index in [0.717, 1.165) is 22.3 Å². The Kier molecular flexibility index (Phi) is 6.40. The van der Waals surface area contributed by atoms with E-state index in [0.29, 0.717) is 5.82 Å². The first-order valence-electron chi connectivity index (χ1n) is 10.5. The number of aromatic nitrogens is 6. The van der Waals surface area contributed by atoms with E-state index in [9.17, 15) is 23.4 Å². The second-order valence-corrected chi connectivity index (χ2v) is 8.93. The standard InChI is InChI=1S/C22H18BrF3N6O3/c23-12-1-3-13(4-2-12)31-10-27-29-22(31)18-7-17(21(34)19(9-33)35-18)32-8-16(28-30-32)11-5-14(24)20(26)15(25)6-11/h1-6,8,10,17-19,21,33-34H,7,9H2. The summed E-state index contributed by atoms with van der Waals surface area (Å²) >= 11 is 3.40. The van der Waals surface area contributed by atoms with Gasteiger partial charge in [-0.1, -0.05) is 21.1 Å². The van der Waals surface area contributed by atoms with Crippen LogP contribution in [0, 0.1) is 17.5 Å². The van der Waals surface area contributed by atoms with Crippen LogP contribution in [-0.2, 0) is 4.74 Å². The Morgan fingerprint density at radius 1 is 1.09 bits per heavy atom. The van der Waals surface area contributed by atoms with E-state index < -0.39 is 48.4 Å². The number of aliphatic hydroxyl groups is 2. The van der Waals surface area contributed by atoms with Crippen molar-refractivity contribution >= 4 is 15.9 Å².